The quantitative estimate of drug-likeness (QED) is 0.863. The van der Waals surface area contributed by atoms with Gasteiger partial charge in [-0.1, -0.05) is 12.1 Å². The zero-order valence-corrected chi connectivity index (χ0v) is 12.1. The normalized spacial score (nSPS) is 11.4. The van der Waals surface area contributed by atoms with Crippen molar-refractivity contribution in [2.24, 2.45) is 0 Å². The molecule has 1 amide bonds. The number of amides is 1. The summed E-state index contributed by atoms with van der Waals surface area (Å²) in [6.45, 7) is -1.35. The second kappa shape index (κ2) is 6.44. The molecule has 0 saturated heterocycles. The number of hydrogen-bond donors (Lipinski definition) is 1. The van der Waals surface area contributed by atoms with Gasteiger partial charge in [-0.15, -0.1) is 22.9 Å². The van der Waals surface area contributed by atoms with E-state index < -0.39 is 18.6 Å². The molecule has 2 aromatic rings. The summed E-state index contributed by atoms with van der Waals surface area (Å²) < 4.78 is 36.1. The Morgan fingerprint density at radius 3 is 2.48 bits per heavy atom. The molecule has 1 heterocycles. The number of nitrogens with one attached hydrogen (secondary N) is 1. The lowest BCUT2D eigenvalue weighted by Crippen LogP contribution is -2.33. The maximum atomic E-state index is 12.0. The number of hydrogen-bond acceptors (Lipinski definition) is 3. The lowest BCUT2D eigenvalue weighted by atomic mass is 10.1. The number of rotatable bonds is 4. The minimum atomic E-state index is -4.42. The van der Waals surface area contributed by atoms with Crippen LogP contribution in [-0.2, 0) is 5.88 Å². The van der Waals surface area contributed by atoms with Crippen LogP contribution in [0.4, 0.5) is 13.2 Å². The number of alkyl halides is 4. The van der Waals surface area contributed by atoms with Gasteiger partial charge in [-0.05, 0) is 12.1 Å². The largest absolute Gasteiger partial charge is 0.405 e. The van der Waals surface area contributed by atoms with Gasteiger partial charge in [0.2, 0.25) is 0 Å². The van der Waals surface area contributed by atoms with Crippen molar-refractivity contribution >= 4 is 28.8 Å². The van der Waals surface area contributed by atoms with Crippen LogP contribution in [0.3, 0.4) is 0 Å². The van der Waals surface area contributed by atoms with Crippen LogP contribution in [0.5, 0.6) is 0 Å². The highest BCUT2D eigenvalue weighted by Crippen LogP contribution is 2.24. The molecule has 1 N–H and O–H groups in total. The van der Waals surface area contributed by atoms with Gasteiger partial charge in [-0.2, -0.15) is 13.2 Å². The summed E-state index contributed by atoms with van der Waals surface area (Å²) in [7, 11) is 0. The van der Waals surface area contributed by atoms with Crippen LogP contribution in [0.2, 0.25) is 0 Å². The standard InChI is InChI=1S/C13H10ClF3N2OS/c14-5-10-6-21-12(19-10)9-3-1-8(2-4-9)11(20)18-7-13(15,16)17/h1-4,6H,5,7H2,(H,18,20). The highest BCUT2D eigenvalue weighted by molar-refractivity contribution is 7.13. The van der Waals surface area contributed by atoms with E-state index in [-0.39, 0.29) is 5.56 Å². The van der Waals surface area contributed by atoms with Crippen molar-refractivity contribution in [3.05, 3.63) is 40.9 Å². The summed E-state index contributed by atoms with van der Waals surface area (Å²) in [6, 6.07) is 6.20. The summed E-state index contributed by atoms with van der Waals surface area (Å²) in [4.78, 5) is 15.8. The fraction of sp³-hybridized carbons (Fsp3) is 0.231. The molecular weight excluding hydrogens is 325 g/mol. The van der Waals surface area contributed by atoms with Crippen LogP contribution < -0.4 is 5.32 Å². The molecular formula is C13H10ClF3N2OS. The van der Waals surface area contributed by atoms with Crippen molar-refractivity contribution in [1.29, 1.82) is 0 Å². The smallest absolute Gasteiger partial charge is 0.343 e. The van der Waals surface area contributed by atoms with Gasteiger partial charge in [0.15, 0.2) is 0 Å². The summed E-state index contributed by atoms with van der Waals surface area (Å²) >= 11 is 7.08. The number of aromatic nitrogens is 1. The fourth-order valence-electron chi connectivity index (χ4n) is 1.55. The molecule has 3 nitrogen and oxygen atoms in total. The van der Waals surface area contributed by atoms with E-state index in [1.807, 2.05) is 10.7 Å². The van der Waals surface area contributed by atoms with Crippen LogP contribution in [0.1, 0.15) is 16.1 Å². The number of thiazole rings is 1. The summed E-state index contributed by atoms with van der Waals surface area (Å²) in [5.41, 5.74) is 1.70. The van der Waals surface area contributed by atoms with E-state index in [1.54, 1.807) is 12.1 Å². The molecule has 0 aliphatic rings. The Balaban J connectivity index is 2.06. The van der Waals surface area contributed by atoms with E-state index in [1.165, 1.54) is 23.5 Å². The molecule has 112 valence electrons. The minimum Gasteiger partial charge on any atom is -0.343 e. The molecule has 2 rings (SSSR count). The highest BCUT2D eigenvalue weighted by atomic mass is 35.5. The van der Waals surface area contributed by atoms with Gasteiger partial charge in [0, 0.05) is 16.5 Å². The molecule has 0 bridgehead atoms. The van der Waals surface area contributed by atoms with Gasteiger partial charge in [0.25, 0.3) is 5.91 Å². The molecule has 8 heteroatoms. The summed E-state index contributed by atoms with van der Waals surface area (Å²) in [6.07, 6.45) is -4.42. The molecule has 0 aliphatic heterocycles. The average molecular weight is 335 g/mol. The Morgan fingerprint density at radius 2 is 1.95 bits per heavy atom. The third-order valence-corrected chi connectivity index (χ3v) is 3.75. The highest BCUT2D eigenvalue weighted by Gasteiger charge is 2.27. The molecule has 0 aliphatic carbocycles. The molecule has 0 spiro atoms. The Labute approximate surface area is 127 Å². The van der Waals surface area contributed by atoms with Crippen LogP contribution in [0.25, 0.3) is 10.6 Å². The lowest BCUT2D eigenvalue weighted by Gasteiger charge is -2.08. The number of carbonyl (C=O) groups is 1. The first kappa shape index (κ1) is 15.8. The molecule has 21 heavy (non-hydrogen) atoms. The van der Waals surface area contributed by atoms with E-state index in [2.05, 4.69) is 4.98 Å². The SMILES string of the molecule is O=C(NCC(F)(F)F)c1ccc(-c2nc(CCl)cs2)cc1. The lowest BCUT2D eigenvalue weighted by molar-refractivity contribution is -0.123. The maximum absolute atomic E-state index is 12.0. The Hall–Kier alpha value is -1.60. The average Bonchev–Trinajstić information content (AvgIpc) is 2.93. The number of nitrogens with zero attached hydrogens (tertiary/aromatic N) is 1. The zero-order chi connectivity index (χ0) is 15.5. The van der Waals surface area contributed by atoms with E-state index >= 15 is 0 Å². The minimum absolute atomic E-state index is 0.164. The van der Waals surface area contributed by atoms with E-state index in [0.29, 0.717) is 5.88 Å². The van der Waals surface area contributed by atoms with E-state index in [9.17, 15) is 18.0 Å². The molecule has 0 unspecified atom stereocenters. The van der Waals surface area contributed by atoms with Crippen molar-refractivity contribution in [1.82, 2.24) is 10.3 Å². The second-order valence-electron chi connectivity index (χ2n) is 4.15. The zero-order valence-electron chi connectivity index (χ0n) is 10.6. The van der Waals surface area contributed by atoms with Crippen LogP contribution in [-0.4, -0.2) is 23.6 Å². The summed E-state index contributed by atoms with van der Waals surface area (Å²) in [5, 5.41) is 4.39. The van der Waals surface area contributed by atoms with Crippen molar-refractivity contribution in [3.63, 3.8) is 0 Å². The first-order valence-electron chi connectivity index (χ1n) is 5.85. The molecule has 0 saturated carbocycles. The van der Waals surface area contributed by atoms with Crippen LogP contribution in [0.15, 0.2) is 29.6 Å². The maximum Gasteiger partial charge on any atom is 0.405 e. The van der Waals surface area contributed by atoms with Crippen molar-refractivity contribution < 1.29 is 18.0 Å². The number of carbonyl (C=O) groups excluding carboxylic acids is 1. The fourth-order valence-corrected chi connectivity index (χ4v) is 2.60. The van der Waals surface area contributed by atoms with Crippen LogP contribution >= 0.6 is 22.9 Å². The molecule has 0 radical (unpaired) electrons. The van der Waals surface area contributed by atoms with Crippen molar-refractivity contribution in [3.8, 4) is 10.6 Å². The predicted octanol–water partition coefficient (Wildman–Crippen LogP) is 3.84. The van der Waals surface area contributed by atoms with Crippen molar-refractivity contribution in [2.75, 3.05) is 6.54 Å². The van der Waals surface area contributed by atoms with Gasteiger partial charge in [0.1, 0.15) is 11.6 Å². The summed E-state index contributed by atoms with van der Waals surface area (Å²) in [5.74, 6) is -0.450. The first-order chi connectivity index (χ1) is 9.89. The number of halogens is 4. The van der Waals surface area contributed by atoms with Gasteiger partial charge in [-0.3, -0.25) is 4.79 Å². The van der Waals surface area contributed by atoms with Gasteiger partial charge in [-0.25, -0.2) is 4.98 Å². The third-order valence-electron chi connectivity index (χ3n) is 2.53. The Morgan fingerprint density at radius 1 is 1.29 bits per heavy atom. The van der Waals surface area contributed by atoms with Gasteiger partial charge >= 0.3 is 6.18 Å². The second-order valence-corrected chi connectivity index (χ2v) is 5.28. The molecule has 0 fully saturated rings. The van der Waals surface area contributed by atoms with E-state index in [0.717, 1.165) is 16.3 Å². The first-order valence-corrected chi connectivity index (χ1v) is 7.26. The molecule has 1 aromatic carbocycles. The Bertz CT molecular complexity index is 625. The molecule has 0 atom stereocenters. The van der Waals surface area contributed by atoms with Gasteiger partial charge < -0.3 is 5.32 Å². The van der Waals surface area contributed by atoms with Crippen LogP contribution in [0, 0.1) is 0 Å². The Kier molecular flexibility index (Phi) is 4.84. The van der Waals surface area contributed by atoms with Crippen molar-refractivity contribution in [2.45, 2.75) is 12.1 Å². The number of benzene rings is 1. The third kappa shape index (κ3) is 4.44. The molecule has 1 aromatic heterocycles. The topological polar surface area (TPSA) is 42.0 Å². The monoisotopic (exact) mass is 334 g/mol. The van der Waals surface area contributed by atoms with E-state index in [4.69, 9.17) is 11.6 Å². The predicted molar refractivity (Wildman–Crippen MR) is 75.5 cm³/mol. The van der Waals surface area contributed by atoms with Gasteiger partial charge in [0.05, 0.1) is 11.6 Å².